The van der Waals surface area contributed by atoms with Gasteiger partial charge in [-0.05, 0) is 91.3 Å². The maximum absolute atomic E-state index is 13.3. The minimum atomic E-state index is -0.994. The zero-order chi connectivity index (χ0) is 32.4. The molecule has 0 aromatic heterocycles. The molecule has 10 heteroatoms. The number of carbonyl (C=O) groups is 3. The first-order valence-corrected chi connectivity index (χ1v) is 16.7. The summed E-state index contributed by atoms with van der Waals surface area (Å²) in [5.74, 6) is -1.21. The highest BCUT2D eigenvalue weighted by atomic mass is 35.5. The van der Waals surface area contributed by atoms with Gasteiger partial charge in [0.05, 0.1) is 31.4 Å². The van der Waals surface area contributed by atoms with E-state index in [0.717, 1.165) is 55.1 Å². The van der Waals surface area contributed by atoms with Crippen molar-refractivity contribution in [2.75, 3.05) is 51.9 Å². The van der Waals surface area contributed by atoms with Gasteiger partial charge in [0.2, 0.25) is 5.91 Å². The number of hydrogen-bond acceptors (Lipinski definition) is 7. The van der Waals surface area contributed by atoms with E-state index in [1.165, 1.54) is 18.2 Å². The predicted octanol–water partition coefficient (Wildman–Crippen LogP) is 5.37. The van der Waals surface area contributed by atoms with E-state index < -0.39 is 17.9 Å². The van der Waals surface area contributed by atoms with Gasteiger partial charge in [-0.1, -0.05) is 35.9 Å². The van der Waals surface area contributed by atoms with Gasteiger partial charge in [0.15, 0.2) is 0 Å². The molecule has 0 unspecified atom stereocenters. The Hall–Kier alpha value is -3.56. The molecule has 9 nitrogen and oxygen atoms in total. The van der Waals surface area contributed by atoms with Crippen LogP contribution in [0.4, 0.5) is 5.69 Å². The van der Waals surface area contributed by atoms with E-state index in [1.54, 1.807) is 11.9 Å². The number of carboxylic acid groups (broad SMARTS) is 1. The van der Waals surface area contributed by atoms with E-state index in [4.69, 9.17) is 25.8 Å². The van der Waals surface area contributed by atoms with Crippen molar-refractivity contribution in [1.82, 2.24) is 4.90 Å². The lowest BCUT2D eigenvalue weighted by atomic mass is 9.68. The van der Waals surface area contributed by atoms with Crippen molar-refractivity contribution in [3.8, 4) is 5.75 Å². The molecule has 2 bridgehead atoms. The number of anilines is 1. The monoisotopic (exact) mass is 650 g/mol. The molecule has 2 aromatic carbocycles. The number of carbonyl (C=O) groups excluding carboxylic acids is 2. The second kappa shape index (κ2) is 13.7. The summed E-state index contributed by atoms with van der Waals surface area (Å²) >= 11 is 6.43. The number of aryl methyl sites for hydroxylation is 1. The first kappa shape index (κ1) is 32.4. The van der Waals surface area contributed by atoms with E-state index in [1.807, 2.05) is 36.4 Å². The largest absolute Gasteiger partial charge is 0.490 e. The molecule has 1 spiro atoms. The van der Waals surface area contributed by atoms with Crippen LogP contribution in [0.25, 0.3) is 0 Å². The molecule has 6 rings (SSSR count). The fourth-order valence-electron chi connectivity index (χ4n) is 7.81. The summed E-state index contributed by atoms with van der Waals surface area (Å²) in [7, 11) is 3.09. The Labute approximate surface area is 275 Å². The second-order valence-electron chi connectivity index (χ2n) is 13.3. The highest BCUT2D eigenvalue weighted by Crippen LogP contribution is 2.47. The third-order valence-corrected chi connectivity index (χ3v) is 10.7. The zero-order valence-corrected chi connectivity index (χ0v) is 27.3. The number of halogens is 1. The molecule has 246 valence electrons. The van der Waals surface area contributed by atoms with Crippen molar-refractivity contribution < 1.29 is 33.7 Å². The summed E-state index contributed by atoms with van der Waals surface area (Å²) < 4.78 is 17.8. The summed E-state index contributed by atoms with van der Waals surface area (Å²) in [6, 6.07) is 12.0. The van der Waals surface area contributed by atoms with Gasteiger partial charge in [0.1, 0.15) is 12.4 Å². The number of fused-ring (bicyclic) bond motifs is 4. The van der Waals surface area contributed by atoms with Crippen LogP contribution in [0.15, 0.2) is 48.6 Å². The van der Waals surface area contributed by atoms with E-state index in [0.29, 0.717) is 31.7 Å². The molecule has 2 heterocycles. The summed E-state index contributed by atoms with van der Waals surface area (Å²) in [5.41, 5.74) is 3.86. The van der Waals surface area contributed by atoms with Gasteiger partial charge in [-0.25, -0.2) is 4.79 Å². The number of aliphatic carboxylic acids is 1. The Bertz CT molecular complexity index is 1510. The Balaban J connectivity index is 1.43. The smallest absolute Gasteiger partial charge is 0.329 e. The van der Waals surface area contributed by atoms with Gasteiger partial charge in [0.25, 0.3) is 0 Å². The zero-order valence-electron chi connectivity index (χ0n) is 26.6. The van der Waals surface area contributed by atoms with Crippen molar-refractivity contribution in [3.05, 3.63) is 70.3 Å². The molecule has 2 aliphatic carbocycles. The molecule has 2 aromatic rings. The molecule has 1 fully saturated rings. The number of nitrogens with zero attached hydrogens (tertiary/aromatic N) is 2. The quantitative estimate of drug-likeness (QED) is 0.348. The Morgan fingerprint density at radius 1 is 1.17 bits per heavy atom. The van der Waals surface area contributed by atoms with Gasteiger partial charge in [-0.3, -0.25) is 9.59 Å². The fourth-order valence-corrected chi connectivity index (χ4v) is 8.00. The molecule has 1 amide bonds. The van der Waals surface area contributed by atoms with Crippen molar-refractivity contribution in [1.29, 1.82) is 0 Å². The number of ether oxygens (including phenoxy) is 3. The average molecular weight is 651 g/mol. The lowest BCUT2D eigenvalue weighted by Gasteiger charge is -2.46. The van der Waals surface area contributed by atoms with Gasteiger partial charge in [0, 0.05) is 43.5 Å². The van der Waals surface area contributed by atoms with Gasteiger partial charge >= 0.3 is 11.9 Å². The first-order chi connectivity index (χ1) is 22.2. The van der Waals surface area contributed by atoms with E-state index >= 15 is 0 Å². The van der Waals surface area contributed by atoms with Gasteiger partial charge < -0.3 is 29.1 Å². The van der Waals surface area contributed by atoms with Crippen molar-refractivity contribution in [2.24, 2.45) is 11.8 Å². The highest BCUT2D eigenvalue weighted by Gasteiger charge is 2.44. The van der Waals surface area contributed by atoms with Crippen LogP contribution in [0, 0.1) is 11.8 Å². The summed E-state index contributed by atoms with van der Waals surface area (Å²) in [6.45, 7) is 2.04. The highest BCUT2D eigenvalue weighted by molar-refractivity contribution is 6.30. The number of rotatable bonds is 4. The van der Waals surface area contributed by atoms with Crippen LogP contribution in [-0.2, 0) is 35.7 Å². The Kier molecular flexibility index (Phi) is 9.62. The van der Waals surface area contributed by atoms with E-state index in [2.05, 4.69) is 17.0 Å². The summed E-state index contributed by atoms with van der Waals surface area (Å²) in [5, 5.41) is 10.1. The molecule has 0 radical (unpaired) electrons. The van der Waals surface area contributed by atoms with E-state index in [-0.39, 0.29) is 42.3 Å². The molecule has 4 aliphatic rings. The first-order valence-electron chi connectivity index (χ1n) is 16.3. The molecule has 2 aliphatic heterocycles. The van der Waals surface area contributed by atoms with Gasteiger partial charge in [-0.15, -0.1) is 0 Å². The second-order valence-corrected chi connectivity index (χ2v) is 13.8. The maximum Gasteiger partial charge on any atom is 0.329 e. The Morgan fingerprint density at radius 2 is 2.02 bits per heavy atom. The SMILES string of the molecule is COC(=O)[C@@H]1CC(=O)N(C)CC/C=C/[C@H](OCC(=O)O)[C@@H]2CC[C@H]2CN2C[C@@]3(CCCc4cc(Cl)ccc43)COc3ccc1cc32. The molecule has 1 saturated carbocycles. The lowest BCUT2D eigenvalue weighted by molar-refractivity contribution is -0.146. The summed E-state index contributed by atoms with van der Waals surface area (Å²) in [4.78, 5) is 42.0. The normalized spacial score (nSPS) is 28.6. The van der Waals surface area contributed by atoms with Crippen LogP contribution in [0.5, 0.6) is 5.75 Å². The van der Waals surface area contributed by atoms with Crippen LogP contribution in [0.3, 0.4) is 0 Å². The van der Waals surface area contributed by atoms with Crippen molar-refractivity contribution >= 4 is 35.1 Å². The van der Waals surface area contributed by atoms with Crippen LogP contribution >= 0.6 is 11.6 Å². The number of benzene rings is 2. The average Bonchev–Trinajstić information content (AvgIpc) is 3.18. The van der Waals surface area contributed by atoms with Crippen LogP contribution < -0.4 is 9.64 Å². The van der Waals surface area contributed by atoms with Crippen molar-refractivity contribution in [3.63, 3.8) is 0 Å². The Morgan fingerprint density at radius 3 is 2.78 bits per heavy atom. The number of hydrogen-bond donors (Lipinski definition) is 1. The summed E-state index contributed by atoms with van der Waals surface area (Å²) in [6.07, 6.45) is 9.08. The topological polar surface area (TPSA) is 106 Å². The minimum Gasteiger partial charge on any atom is -0.490 e. The molecule has 5 atom stereocenters. The molecular formula is C36H43ClN2O7. The van der Waals surface area contributed by atoms with Crippen LogP contribution in [-0.4, -0.2) is 81.0 Å². The molecule has 1 N–H and O–H groups in total. The lowest BCUT2D eigenvalue weighted by Crippen LogP contribution is -2.49. The minimum absolute atomic E-state index is 0.0142. The number of carboxylic acids is 1. The number of esters is 1. The third kappa shape index (κ3) is 6.63. The molecular weight excluding hydrogens is 608 g/mol. The fraction of sp³-hybridized carbons (Fsp3) is 0.528. The predicted molar refractivity (Wildman–Crippen MR) is 175 cm³/mol. The van der Waals surface area contributed by atoms with Crippen LogP contribution in [0.2, 0.25) is 5.02 Å². The number of amides is 1. The number of methoxy groups -OCH3 is 1. The van der Waals surface area contributed by atoms with E-state index in [9.17, 15) is 19.5 Å². The van der Waals surface area contributed by atoms with Crippen LogP contribution in [0.1, 0.15) is 61.1 Å². The maximum atomic E-state index is 13.3. The third-order valence-electron chi connectivity index (χ3n) is 10.5. The van der Waals surface area contributed by atoms with Gasteiger partial charge in [-0.2, -0.15) is 0 Å². The molecule has 46 heavy (non-hydrogen) atoms. The van der Waals surface area contributed by atoms with Crippen molar-refractivity contribution in [2.45, 2.75) is 62.4 Å². The standard InChI is InChI=1S/C36H43ClN2O7/c1-38-15-4-3-7-31(45-20-34(41)42)27-11-8-25(27)19-39-21-36(14-5-6-24-16-26(37)10-12-29(24)36)22-46-32-13-9-23(17-30(32)39)28(18-33(38)40)35(43)44-2/h3,7,9-10,12-13,16-17,25,27-28,31H,4-6,8,11,14-15,18-22H2,1-2H3,(H,41,42)/b7-3+/t25-,27+,28+,31-,36-/m0/s1. The molecule has 0 saturated heterocycles.